The van der Waals surface area contributed by atoms with Crippen molar-refractivity contribution in [3.8, 4) is 0 Å². The van der Waals surface area contributed by atoms with Gasteiger partial charge in [-0.15, -0.1) is 0 Å². The van der Waals surface area contributed by atoms with E-state index in [-0.39, 0.29) is 38.3 Å². The Balaban J connectivity index is 1.71. The van der Waals surface area contributed by atoms with Crippen LogP contribution in [0.3, 0.4) is 0 Å². The highest BCUT2D eigenvalue weighted by atomic mass is 32.2. The number of benzene rings is 1. The summed E-state index contributed by atoms with van der Waals surface area (Å²) in [5.41, 5.74) is 4.22. The van der Waals surface area contributed by atoms with E-state index < -0.39 is 10.1 Å². The van der Waals surface area contributed by atoms with Gasteiger partial charge in [0.05, 0.1) is 4.90 Å². The molecule has 4 aliphatic rings. The Bertz CT molecular complexity index is 1210. The summed E-state index contributed by atoms with van der Waals surface area (Å²) >= 11 is 0. The predicted octanol–water partition coefficient (Wildman–Crippen LogP) is 6.48. The number of Topliss-reactive ketones (excluding diaryl/α,β-unsaturated/α-hetero) is 1. The molecule has 178 valence electrons. The molecule has 4 bridgehead atoms. The average molecular weight is 469 g/mol. The third kappa shape index (κ3) is 2.84. The Morgan fingerprint density at radius 2 is 1.55 bits per heavy atom. The van der Waals surface area contributed by atoms with Gasteiger partial charge in [-0.3, -0.25) is 9.35 Å². The van der Waals surface area contributed by atoms with Crippen LogP contribution in [0.15, 0.2) is 46.4 Å². The SMILES string of the molecule is CC12CCC(CC1=C(C=C1C(=O)C3(C)CCC1C3(C)C)c1ccc(S(=O)(=O)O)cc1)C2(C)C. The van der Waals surface area contributed by atoms with E-state index in [0.717, 1.165) is 42.4 Å². The van der Waals surface area contributed by atoms with E-state index >= 15 is 0 Å². The first-order valence-electron chi connectivity index (χ1n) is 12.2. The lowest BCUT2D eigenvalue weighted by molar-refractivity contribution is -0.125. The molecule has 4 fully saturated rings. The maximum atomic E-state index is 13.6. The highest BCUT2D eigenvalue weighted by Crippen LogP contribution is 2.70. The lowest BCUT2D eigenvalue weighted by Crippen LogP contribution is -2.32. The van der Waals surface area contributed by atoms with Gasteiger partial charge in [-0.05, 0) is 95.1 Å². The molecule has 4 saturated carbocycles. The van der Waals surface area contributed by atoms with E-state index in [1.807, 2.05) is 0 Å². The van der Waals surface area contributed by atoms with E-state index in [2.05, 4.69) is 47.6 Å². The van der Waals surface area contributed by atoms with Crippen molar-refractivity contribution in [2.75, 3.05) is 0 Å². The second kappa shape index (κ2) is 6.69. The van der Waals surface area contributed by atoms with Gasteiger partial charge < -0.3 is 0 Å². The van der Waals surface area contributed by atoms with E-state index in [0.29, 0.717) is 5.92 Å². The molecule has 1 aromatic carbocycles. The Hall–Kier alpha value is -1.72. The van der Waals surface area contributed by atoms with Crippen LogP contribution in [-0.2, 0) is 14.9 Å². The molecule has 0 amide bonds. The van der Waals surface area contributed by atoms with Crippen molar-refractivity contribution >= 4 is 21.5 Å². The fourth-order valence-corrected chi connectivity index (χ4v) is 8.25. The van der Waals surface area contributed by atoms with Gasteiger partial charge in [0.2, 0.25) is 0 Å². The number of fused-ring (bicyclic) bond motifs is 4. The van der Waals surface area contributed by atoms with Crippen LogP contribution in [-0.4, -0.2) is 18.8 Å². The summed E-state index contributed by atoms with van der Waals surface area (Å²) in [6.45, 7) is 13.7. The van der Waals surface area contributed by atoms with Gasteiger partial charge in [0.1, 0.15) is 0 Å². The molecule has 0 saturated heterocycles. The van der Waals surface area contributed by atoms with Crippen molar-refractivity contribution in [2.24, 2.45) is 33.5 Å². The first-order valence-corrected chi connectivity index (χ1v) is 13.7. The van der Waals surface area contributed by atoms with Crippen molar-refractivity contribution in [3.63, 3.8) is 0 Å². The summed E-state index contributed by atoms with van der Waals surface area (Å²) in [4.78, 5) is 13.5. The topological polar surface area (TPSA) is 71.4 Å². The largest absolute Gasteiger partial charge is 0.294 e. The lowest BCUT2D eigenvalue weighted by atomic mass is 9.67. The second-order valence-corrected chi connectivity index (χ2v) is 13.9. The molecule has 0 radical (unpaired) electrons. The summed E-state index contributed by atoms with van der Waals surface area (Å²) < 4.78 is 32.7. The quantitative estimate of drug-likeness (QED) is 0.407. The zero-order valence-electron chi connectivity index (χ0n) is 20.7. The Labute approximate surface area is 198 Å². The third-order valence-corrected chi connectivity index (χ3v) is 11.9. The minimum Gasteiger partial charge on any atom is -0.294 e. The van der Waals surface area contributed by atoms with Crippen LogP contribution in [0.25, 0.3) is 5.57 Å². The van der Waals surface area contributed by atoms with Gasteiger partial charge in [-0.1, -0.05) is 59.2 Å². The van der Waals surface area contributed by atoms with Crippen molar-refractivity contribution in [3.05, 3.63) is 47.1 Å². The summed E-state index contributed by atoms with van der Waals surface area (Å²) in [6, 6.07) is 6.52. The fraction of sp³-hybridized carbons (Fsp3) is 0.607. The second-order valence-electron chi connectivity index (χ2n) is 12.5. The molecule has 0 aliphatic heterocycles. The summed E-state index contributed by atoms with van der Waals surface area (Å²) in [6.07, 6.45) is 7.53. The maximum absolute atomic E-state index is 13.6. The number of rotatable bonds is 3. The third-order valence-electron chi connectivity index (χ3n) is 11.0. The summed E-state index contributed by atoms with van der Waals surface area (Å²) in [7, 11) is -4.25. The molecule has 1 N–H and O–H groups in total. The van der Waals surface area contributed by atoms with Crippen LogP contribution in [0.1, 0.15) is 79.2 Å². The average Bonchev–Trinajstić information content (AvgIpc) is 3.23. The van der Waals surface area contributed by atoms with Gasteiger partial charge in [-0.25, -0.2) is 0 Å². The minimum absolute atomic E-state index is 0.0475. The number of allylic oxidation sites excluding steroid dienone is 4. The number of carbonyl (C=O) groups excluding carboxylic acids is 1. The molecule has 0 spiro atoms. The first kappa shape index (κ1) is 23.0. The van der Waals surface area contributed by atoms with Crippen LogP contribution >= 0.6 is 0 Å². The lowest BCUT2D eigenvalue weighted by Gasteiger charge is -2.37. The normalized spacial score (nSPS) is 39.0. The number of hydrogen-bond donors (Lipinski definition) is 1. The smallest absolute Gasteiger partial charge is 0.294 e. The van der Waals surface area contributed by atoms with Crippen LogP contribution < -0.4 is 0 Å². The van der Waals surface area contributed by atoms with Crippen LogP contribution in [0.2, 0.25) is 0 Å². The molecule has 33 heavy (non-hydrogen) atoms. The highest BCUT2D eigenvalue weighted by Gasteiger charge is 2.64. The van der Waals surface area contributed by atoms with Gasteiger partial charge >= 0.3 is 0 Å². The molecule has 0 heterocycles. The van der Waals surface area contributed by atoms with Gasteiger partial charge in [0.15, 0.2) is 5.78 Å². The maximum Gasteiger partial charge on any atom is 0.294 e. The number of ketones is 1. The standard InChI is InChI=1S/C28H36O4S/c1-25(2)18-11-13-27(25,5)23(15-18)20(17-7-9-19(10-8-17)33(30,31)32)16-21-22-12-14-28(6,24(21)29)26(22,3)4/h7-10,16,18,22H,11-15H2,1-6H3,(H,30,31,32). The van der Waals surface area contributed by atoms with E-state index in [1.165, 1.54) is 24.1 Å². The van der Waals surface area contributed by atoms with Crippen molar-refractivity contribution in [1.82, 2.24) is 0 Å². The van der Waals surface area contributed by atoms with Crippen LogP contribution in [0.4, 0.5) is 0 Å². The van der Waals surface area contributed by atoms with Crippen molar-refractivity contribution < 1.29 is 17.8 Å². The zero-order chi connectivity index (χ0) is 24.2. The zero-order valence-corrected chi connectivity index (χ0v) is 21.5. The van der Waals surface area contributed by atoms with Gasteiger partial charge in [0, 0.05) is 5.41 Å². The van der Waals surface area contributed by atoms with Gasteiger partial charge in [-0.2, -0.15) is 8.42 Å². The Morgan fingerprint density at radius 3 is 2.00 bits per heavy atom. The number of carbonyl (C=O) groups is 1. The predicted molar refractivity (Wildman–Crippen MR) is 130 cm³/mol. The molecule has 4 unspecified atom stereocenters. The highest BCUT2D eigenvalue weighted by molar-refractivity contribution is 7.85. The molecule has 4 nitrogen and oxygen atoms in total. The molecular formula is C28H36O4S. The Kier molecular flexibility index (Phi) is 4.67. The van der Waals surface area contributed by atoms with E-state index in [4.69, 9.17) is 0 Å². The first-order chi connectivity index (χ1) is 15.1. The molecule has 4 aliphatic carbocycles. The molecule has 1 aromatic rings. The fourth-order valence-electron chi connectivity index (χ4n) is 7.77. The Morgan fingerprint density at radius 1 is 0.939 bits per heavy atom. The molecule has 5 rings (SSSR count). The van der Waals surface area contributed by atoms with Crippen LogP contribution in [0, 0.1) is 33.5 Å². The van der Waals surface area contributed by atoms with Crippen molar-refractivity contribution in [1.29, 1.82) is 0 Å². The molecule has 4 atom stereocenters. The summed E-state index contributed by atoms with van der Waals surface area (Å²) in [5, 5.41) is 0. The summed E-state index contributed by atoms with van der Waals surface area (Å²) in [5.74, 6) is 1.15. The molecule has 0 aromatic heterocycles. The minimum atomic E-state index is -4.25. The van der Waals surface area contributed by atoms with E-state index in [1.54, 1.807) is 12.1 Å². The molecule has 5 heteroatoms. The number of hydrogen-bond acceptors (Lipinski definition) is 3. The molecular weight excluding hydrogens is 432 g/mol. The van der Waals surface area contributed by atoms with Crippen LogP contribution in [0.5, 0.6) is 0 Å². The van der Waals surface area contributed by atoms with E-state index in [9.17, 15) is 17.8 Å². The van der Waals surface area contributed by atoms with Crippen molar-refractivity contribution in [2.45, 2.75) is 78.5 Å². The van der Waals surface area contributed by atoms with Gasteiger partial charge in [0.25, 0.3) is 10.1 Å². The monoisotopic (exact) mass is 468 g/mol.